The van der Waals surface area contributed by atoms with Gasteiger partial charge in [0.05, 0.1) is 0 Å². The van der Waals surface area contributed by atoms with Gasteiger partial charge in [-0.1, -0.05) is 58.2 Å². The van der Waals surface area contributed by atoms with Crippen LogP contribution in [0.3, 0.4) is 0 Å². The van der Waals surface area contributed by atoms with Gasteiger partial charge in [-0.05, 0) is 58.4 Å². The Morgan fingerprint density at radius 2 is 1.75 bits per heavy atom. The van der Waals surface area contributed by atoms with E-state index in [1.54, 1.807) is 39.0 Å². The van der Waals surface area contributed by atoms with Crippen LogP contribution in [0.1, 0.15) is 98.1 Å². The van der Waals surface area contributed by atoms with Crippen LogP contribution in [0.5, 0.6) is 5.75 Å². The zero-order valence-corrected chi connectivity index (χ0v) is 22.8. The van der Waals surface area contributed by atoms with Crippen molar-refractivity contribution >= 4 is 17.9 Å². The zero-order chi connectivity index (χ0) is 26.9. The maximum absolute atomic E-state index is 14.0. The summed E-state index contributed by atoms with van der Waals surface area (Å²) in [5.74, 6) is -0.623. The van der Waals surface area contributed by atoms with Crippen molar-refractivity contribution in [1.29, 1.82) is 0 Å². The molecule has 3 N–H and O–H groups in total. The maximum atomic E-state index is 14.0. The highest BCUT2D eigenvalue weighted by molar-refractivity contribution is 5.92. The standard InChI is InChI=1S/C28H45N3O5/c1-7-17-31(26(34)22(18-19(2)3)30-27(35)36-28(4,5)6)24(21-15-11-12-16-23(21)32)25(33)29-20-13-9-8-10-14-20/h11-12,15-16,19-20,22,24,32H,7-10,13-14,17-18H2,1-6H3,(H,29,33)(H,30,35). The maximum Gasteiger partial charge on any atom is 0.408 e. The number of phenols is 1. The quantitative estimate of drug-likeness (QED) is 0.414. The molecule has 1 aliphatic rings. The lowest BCUT2D eigenvalue weighted by Crippen LogP contribution is -2.54. The number of alkyl carbamates (subject to hydrolysis) is 1. The number of nitrogens with zero attached hydrogens (tertiary/aromatic N) is 1. The Kier molecular flexibility index (Phi) is 11.1. The van der Waals surface area contributed by atoms with Gasteiger partial charge in [0.1, 0.15) is 23.4 Å². The Balaban J connectivity index is 2.42. The number of phenolic OH excluding ortho intramolecular Hbond substituents is 1. The highest BCUT2D eigenvalue weighted by Gasteiger charge is 2.38. The number of para-hydroxylation sites is 1. The van der Waals surface area contributed by atoms with Crippen molar-refractivity contribution < 1.29 is 24.2 Å². The summed E-state index contributed by atoms with van der Waals surface area (Å²) in [5.41, 5.74) is -0.343. The smallest absolute Gasteiger partial charge is 0.408 e. The van der Waals surface area contributed by atoms with Crippen molar-refractivity contribution in [2.45, 2.75) is 110 Å². The minimum atomic E-state index is -1.02. The van der Waals surface area contributed by atoms with E-state index in [2.05, 4.69) is 10.6 Å². The third-order valence-corrected chi connectivity index (χ3v) is 6.19. The van der Waals surface area contributed by atoms with Crippen LogP contribution in [0, 0.1) is 5.92 Å². The molecule has 1 aromatic carbocycles. The van der Waals surface area contributed by atoms with Crippen molar-refractivity contribution in [3.05, 3.63) is 29.8 Å². The van der Waals surface area contributed by atoms with Gasteiger partial charge in [0, 0.05) is 18.2 Å². The van der Waals surface area contributed by atoms with Gasteiger partial charge in [-0.15, -0.1) is 0 Å². The molecule has 2 atom stereocenters. The average Bonchev–Trinajstić information content (AvgIpc) is 2.78. The Labute approximate surface area is 216 Å². The SMILES string of the molecule is CCCN(C(=O)C(CC(C)C)NC(=O)OC(C)(C)C)C(C(=O)NC1CCCCC1)c1ccccc1O. The second-order valence-corrected chi connectivity index (χ2v) is 11.2. The fraction of sp³-hybridized carbons (Fsp3) is 0.679. The number of carbonyl (C=O) groups excluding carboxylic acids is 3. The summed E-state index contributed by atoms with van der Waals surface area (Å²) in [6, 6.07) is 4.79. The zero-order valence-electron chi connectivity index (χ0n) is 22.8. The molecule has 0 aromatic heterocycles. The molecule has 0 aliphatic heterocycles. The number of aromatic hydroxyl groups is 1. The highest BCUT2D eigenvalue weighted by atomic mass is 16.6. The van der Waals surface area contributed by atoms with Gasteiger partial charge < -0.3 is 25.4 Å². The predicted molar refractivity (Wildman–Crippen MR) is 140 cm³/mol. The van der Waals surface area contributed by atoms with Crippen molar-refractivity contribution in [1.82, 2.24) is 15.5 Å². The molecule has 0 spiro atoms. The summed E-state index contributed by atoms with van der Waals surface area (Å²) in [6.07, 6.45) is 5.38. The van der Waals surface area contributed by atoms with E-state index in [0.717, 1.165) is 32.1 Å². The minimum Gasteiger partial charge on any atom is -0.508 e. The van der Waals surface area contributed by atoms with Crippen LogP contribution in [-0.4, -0.2) is 52.1 Å². The van der Waals surface area contributed by atoms with Gasteiger partial charge in [0.2, 0.25) is 11.8 Å². The summed E-state index contributed by atoms with van der Waals surface area (Å²) in [4.78, 5) is 41.8. The lowest BCUT2D eigenvalue weighted by Gasteiger charge is -2.36. The van der Waals surface area contributed by atoms with E-state index in [4.69, 9.17) is 4.74 Å². The third kappa shape index (κ3) is 9.03. The van der Waals surface area contributed by atoms with Crippen molar-refractivity contribution in [3.8, 4) is 5.75 Å². The van der Waals surface area contributed by atoms with Crippen LogP contribution in [0.2, 0.25) is 0 Å². The molecule has 0 bridgehead atoms. The van der Waals surface area contributed by atoms with Crippen LogP contribution in [0.15, 0.2) is 24.3 Å². The molecular weight excluding hydrogens is 458 g/mol. The molecule has 0 heterocycles. The molecule has 1 aliphatic carbocycles. The minimum absolute atomic E-state index is 0.0456. The first-order valence-corrected chi connectivity index (χ1v) is 13.3. The number of rotatable bonds is 10. The molecule has 2 unspecified atom stereocenters. The molecule has 1 aromatic rings. The largest absolute Gasteiger partial charge is 0.508 e. The molecular formula is C28H45N3O5. The summed E-state index contributed by atoms with van der Waals surface area (Å²) in [6.45, 7) is 11.5. The topological polar surface area (TPSA) is 108 Å². The van der Waals surface area contributed by atoms with E-state index >= 15 is 0 Å². The second kappa shape index (κ2) is 13.5. The lowest BCUT2D eigenvalue weighted by atomic mass is 9.94. The fourth-order valence-electron chi connectivity index (χ4n) is 4.65. The Morgan fingerprint density at radius 3 is 2.31 bits per heavy atom. The molecule has 0 saturated heterocycles. The summed E-state index contributed by atoms with van der Waals surface area (Å²) >= 11 is 0. The number of hydrogen-bond donors (Lipinski definition) is 3. The molecule has 202 valence electrons. The van der Waals surface area contributed by atoms with E-state index in [1.165, 1.54) is 11.0 Å². The third-order valence-electron chi connectivity index (χ3n) is 6.19. The fourth-order valence-corrected chi connectivity index (χ4v) is 4.65. The first-order valence-electron chi connectivity index (χ1n) is 13.3. The number of benzene rings is 1. The predicted octanol–water partition coefficient (Wildman–Crippen LogP) is 5.06. The highest BCUT2D eigenvalue weighted by Crippen LogP contribution is 2.31. The van der Waals surface area contributed by atoms with E-state index in [-0.39, 0.29) is 29.5 Å². The van der Waals surface area contributed by atoms with Crippen LogP contribution in [0.4, 0.5) is 4.79 Å². The molecule has 3 amide bonds. The summed E-state index contributed by atoms with van der Waals surface area (Å²) in [7, 11) is 0. The second-order valence-electron chi connectivity index (χ2n) is 11.2. The molecule has 2 rings (SSSR count). The van der Waals surface area contributed by atoms with Gasteiger partial charge in [0.15, 0.2) is 0 Å². The normalized spacial score (nSPS) is 16.2. The van der Waals surface area contributed by atoms with Crippen LogP contribution < -0.4 is 10.6 Å². The number of amides is 3. The van der Waals surface area contributed by atoms with Gasteiger partial charge in [-0.3, -0.25) is 9.59 Å². The first kappa shape index (κ1) is 29.5. The monoisotopic (exact) mass is 503 g/mol. The number of carbonyl (C=O) groups is 3. The van der Waals surface area contributed by atoms with Gasteiger partial charge in [-0.25, -0.2) is 4.79 Å². The first-order chi connectivity index (χ1) is 16.9. The Hall–Kier alpha value is -2.77. The van der Waals surface area contributed by atoms with E-state index in [9.17, 15) is 19.5 Å². The Morgan fingerprint density at radius 1 is 1.11 bits per heavy atom. The Bertz CT molecular complexity index is 874. The molecule has 1 fully saturated rings. The van der Waals surface area contributed by atoms with Gasteiger partial charge >= 0.3 is 6.09 Å². The molecule has 8 nitrogen and oxygen atoms in total. The van der Waals surface area contributed by atoms with Crippen LogP contribution in [0.25, 0.3) is 0 Å². The lowest BCUT2D eigenvalue weighted by molar-refractivity contribution is -0.143. The van der Waals surface area contributed by atoms with Gasteiger partial charge in [0.25, 0.3) is 0 Å². The summed E-state index contributed by atoms with van der Waals surface area (Å²) in [5, 5.41) is 16.6. The molecule has 36 heavy (non-hydrogen) atoms. The molecule has 1 saturated carbocycles. The molecule has 0 radical (unpaired) electrons. The van der Waals surface area contributed by atoms with Crippen LogP contribution in [-0.2, 0) is 14.3 Å². The van der Waals surface area contributed by atoms with E-state index < -0.39 is 23.8 Å². The number of nitrogens with one attached hydrogen (secondary N) is 2. The van der Waals surface area contributed by atoms with Gasteiger partial charge in [-0.2, -0.15) is 0 Å². The average molecular weight is 504 g/mol. The summed E-state index contributed by atoms with van der Waals surface area (Å²) < 4.78 is 5.41. The van der Waals surface area contributed by atoms with Crippen LogP contribution >= 0.6 is 0 Å². The molecule has 8 heteroatoms. The van der Waals surface area contributed by atoms with Crippen molar-refractivity contribution in [2.75, 3.05) is 6.54 Å². The van der Waals surface area contributed by atoms with Crippen molar-refractivity contribution in [3.63, 3.8) is 0 Å². The van der Waals surface area contributed by atoms with Crippen molar-refractivity contribution in [2.24, 2.45) is 5.92 Å². The number of ether oxygens (including phenoxy) is 1. The number of hydrogen-bond acceptors (Lipinski definition) is 5. The van der Waals surface area contributed by atoms with E-state index in [0.29, 0.717) is 24.9 Å². The van der Waals surface area contributed by atoms with E-state index in [1.807, 2.05) is 20.8 Å².